The smallest absolute Gasteiger partial charge is 0.221 e. The predicted molar refractivity (Wildman–Crippen MR) is 85.0 cm³/mol. The number of carbonyl (C=O) groups is 1. The minimum Gasteiger partial charge on any atom is -0.352 e. The lowest BCUT2D eigenvalue weighted by molar-refractivity contribution is -0.120. The molecule has 2 nitrogen and oxygen atoms in total. The van der Waals surface area contributed by atoms with Crippen LogP contribution in [0.1, 0.15) is 12.0 Å². The number of hydrogen-bond donors (Lipinski definition) is 1. The fourth-order valence-corrected chi connectivity index (χ4v) is 2.72. The largest absolute Gasteiger partial charge is 0.352 e. The highest BCUT2D eigenvalue weighted by atomic mass is 35.5. The summed E-state index contributed by atoms with van der Waals surface area (Å²) in [6.45, 7) is 0.436. The Bertz CT molecular complexity index is 649. The molecule has 0 fully saturated rings. The second-order valence-corrected chi connectivity index (χ2v) is 6.18. The number of halogens is 3. The van der Waals surface area contributed by atoms with Crippen molar-refractivity contribution in [3.63, 3.8) is 0 Å². The number of carbonyl (C=O) groups excluding carboxylic acids is 1. The number of thioether (sulfide) groups is 1. The summed E-state index contributed by atoms with van der Waals surface area (Å²) in [6.07, 6.45) is 0.303. The van der Waals surface area contributed by atoms with E-state index >= 15 is 0 Å². The Morgan fingerprint density at radius 2 is 1.82 bits per heavy atom. The maximum atomic E-state index is 13.0. The van der Waals surface area contributed by atoms with Crippen molar-refractivity contribution in [3.8, 4) is 0 Å². The Morgan fingerprint density at radius 3 is 2.50 bits per heavy atom. The Kier molecular flexibility index (Phi) is 6.21. The average Bonchev–Trinajstić information content (AvgIpc) is 2.50. The molecule has 0 saturated heterocycles. The molecule has 6 heteroatoms. The van der Waals surface area contributed by atoms with Gasteiger partial charge < -0.3 is 5.32 Å². The van der Waals surface area contributed by atoms with Crippen LogP contribution in [0.3, 0.4) is 0 Å². The molecule has 22 heavy (non-hydrogen) atoms. The van der Waals surface area contributed by atoms with Crippen LogP contribution in [-0.4, -0.2) is 11.7 Å². The molecule has 2 aromatic rings. The molecule has 0 aliphatic carbocycles. The summed E-state index contributed by atoms with van der Waals surface area (Å²) in [6, 6.07) is 10.9. The first kappa shape index (κ1) is 16.8. The summed E-state index contributed by atoms with van der Waals surface area (Å²) in [4.78, 5) is 12.3. The molecule has 0 aliphatic rings. The van der Waals surface area contributed by atoms with Crippen LogP contribution in [0, 0.1) is 11.6 Å². The van der Waals surface area contributed by atoms with Gasteiger partial charge in [0.05, 0.1) is 0 Å². The van der Waals surface area contributed by atoms with Gasteiger partial charge in [0.25, 0.3) is 0 Å². The Labute approximate surface area is 136 Å². The highest BCUT2D eigenvalue weighted by molar-refractivity contribution is 7.99. The quantitative estimate of drug-likeness (QED) is 0.788. The van der Waals surface area contributed by atoms with Gasteiger partial charge in [0, 0.05) is 28.6 Å². The van der Waals surface area contributed by atoms with Crippen LogP contribution < -0.4 is 5.32 Å². The maximum absolute atomic E-state index is 13.0. The Hall–Kier alpha value is -1.59. The van der Waals surface area contributed by atoms with Gasteiger partial charge in [-0.05, 0) is 35.9 Å². The van der Waals surface area contributed by atoms with Gasteiger partial charge in [0.1, 0.15) is 0 Å². The lowest BCUT2D eigenvalue weighted by atomic mass is 10.2. The third kappa shape index (κ3) is 5.31. The van der Waals surface area contributed by atoms with E-state index in [1.54, 1.807) is 12.1 Å². The Balaban J connectivity index is 1.71. The normalized spacial score (nSPS) is 10.5. The van der Waals surface area contributed by atoms with E-state index in [-0.39, 0.29) is 5.91 Å². The van der Waals surface area contributed by atoms with Crippen LogP contribution in [0.25, 0.3) is 0 Å². The summed E-state index contributed by atoms with van der Waals surface area (Å²) in [5, 5.41) is 3.45. The van der Waals surface area contributed by atoms with Gasteiger partial charge in [-0.2, -0.15) is 0 Å². The minimum absolute atomic E-state index is 0.0926. The molecule has 0 radical (unpaired) electrons. The standard InChI is InChI=1S/C16H14ClF2NOS/c17-12-3-1-11(2-4-12)10-20-16(21)7-8-22-13-5-6-14(18)15(19)9-13/h1-6,9H,7-8,10H2,(H,20,21). The van der Waals surface area contributed by atoms with Gasteiger partial charge in [-0.3, -0.25) is 4.79 Å². The van der Waals surface area contributed by atoms with Crippen molar-refractivity contribution >= 4 is 29.3 Å². The van der Waals surface area contributed by atoms with Crippen molar-refractivity contribution in [2.75, 3.05) is 5.75 Å². The molecule has 0 atom stereocenters. The second kappa shape index (κ2) is 8.15. The van der Waals surface area contributed by atoms with Gasteiger partial charge >= 0.3 is 0 Å². The molecule has 2 aromatic carbocycles. The molecule has 1 N–H and O–H groups in total. The molecule has 0 heterocycles. The van der Waals surface area contributed by atoms with Crippen molar-refractivity contribution in [2.45, 2.75) is 17.9 Å². The number of hydrogen-bond acceptors (Lipinski definition) is 2. The van der Waals surface area contributed by atoms with Crippen molar-refractivity contribution in [3.05, 3.63) is 64.7 Å². The predicted octanol–water partition coefficient (Wildman–Crippen LogP) is 4.42. The van der Waals surface area contributed by atoms with Crippen LogP contribution in [0.15, 0.2) is 47.4 Å². The van der Waals surface area contributed by atoms with E-state index < -0.39 is 11.6 Å². The SMILES string of the molecule is O=C(CCSc1ccc(F)c(F)c1)NCc1ccc(Cl)cc1. The molecule has 0 spiro atoms. The second-order valence-electron chi connectivity index (χ2n) is 4.58. The summed E-state index contributed by atoms with van der Waals surface area (Å²) >= 11 is 7.09. The first-order valence-corrected chi connectivity index (χ1v) is 8.00. The molecule has 1 amide bonds. The first-order valence-electron chi connectivity index (χ1n) is 6.63. The van der Waals surface area contributed by atoms with Gasteiger partial charge in [-0.15, -0.1) is 11.8 Å². The highest BCUT2D eigenvalue weighted by Gasteiger charge is 2.05. The molecule has 0 unspecified atom stereocenters. The van der Waals surface area contributed by atoms with Gasteiger partial charge in [-0.1, -0.05) is 23.7 Å². The van der Waals surface area contributed by atoms with Crippen LogP contribution in [0.4, 0.5) is 8.78 Å². The maximum Gasteiger partial charge on any atom is 0.221 e. The topological polar surface area (TPSA) is 29.1 Å². The van der Waals surface area contributed by atoms with Crippen molar-refractivity contribution in [1.29, 1.82) is 0 Å². The van der Waals surface area contributed by atoms with Crippen LogP contribution in [0.5, 0.6) is 0 Å². The monoisotopic (exact) mass is 341 g/mol. The zero-order valence-corrected chi connectivity index (χ0v) is 13.2. The number of nitrogens with one attached hydrogen (secondary N) is 1. The van der Waals surface area contributed by atoms with Gasteiger partial charge in [-0.25, -0.2) is 8.78 Å². The molecule has 116 valence electrons. The van der Waals surface area contributed by atoms with Crippen molar-refractivity contribution in [1.82, 2.24) is 5.32 Å². The van der Waals surface area contributed by atoms with E-state index in [0.717, 1.165) is 17.7 Å². The van der Waals surface area contributed by atoms with E-state index in [1.165, 1.54) is 17.8 Å². The molecule has 2 rings (SSSR count). The number of amides is 1. The highest BCUT2D eigenvalue weighted by Crippen LogP contribution is 2.21. The third-order valence-electron chi connectivity index (χ3n) is 2.89. The van der Waals surface area contributed by atoms with Crippen LogP contribution in [0.2, 0.25) is 5.02 Å². The van der Waals surface area contributed by atoms with E-state index in [2.05, 4.69) is 5.32 Å². The summed E-state index contributed by atoms with van der Waals surface area (Å²) < 4.78 is 25.8. The molecule has 0 aliphatic heterocycles. The zero-order chi connectivity index (χ0) is 15.9. The molecular weight excluding hydrogens is 328 g/mol. The molecule has 0 bridgehead atoms. The lowest BCUT2D eigenvalue weighted by Gasteiger charge is -2.06. The van der Waals surface area contributed by atoms with Crippen LogP contribution >= 0.6 is 23.4 Å². The minimum atomic E-state index is -0.878. The van der Waals surface area contributed by atoms with E-state index in [9.17, 15) is 13.6 Å². The average molecular weight is 342 g/mol. The first-order chi connectivity index (χ1) is 10.5. The summed E-state index contributed by atoms with van der Waals surface area (Å²) in [5.74, 6) is -1.34. The van der Waals surface area contributed by atoms with E-state index in [0.29, 0.717) is 28.6 Å². The van der Waals surface area contributed by atoms with E-state index in [1.807, 2.05) is 12.1 Å². The third-order valence-corrected chi connectivity index (χ3v) is 4.14. The summed E-state index contributed by atoms with van der Waals surface area (Å²) in [7, 11) is 0. The number of rotatable bonds is 6. The molecule has 0 saturated carbocycles. The molecule has 0 aromatic heterocycles. The lowest BCUT2D eigenvalue weighted by Crippen LogP contribution is -2.22. The van der Waals surface area contributed by atoms with Gasteiger partial charge in [0.2, 0.25) is 5.91 Å². The van der Waals surface area contributed by atoms with Crippen molar-refractivity contribution in [2.24, 2.45) is 0 Å². The van der Waals surface area contributed by atoms with Crippen LogP contribution in [-0.2, 0) is 11.3 Å². The molecular formula is C16H14ClF2NOS. The zero-order valence-electron chi connectivity index (χ0n) is 11.6. The fraction of sp³-hybridized carbons (Fsp3) is 0.188. The van der Waals surface area contributed by atoms with Crippen molar-refractivity contribution < 1.29 is 13.6 Å². The van der Waals surface area contributed by atoms with E-state index in [4.69, 9.17) is 11.6 Å². The Morgan fingerprint density at radius 1 is 1.09 bits per heavy atom. The van der Waals surface area contributed by atoms with Gasteiger partial charge in [0.15, 0.2) is 11.6 Å². The summed E-state index contributed by atoms with van der Waals surface area (Å²) in [5.41, 5.74) is 0.964. The number of benzene rings is 2. The fourth-order valence-electron chi connectivity index (χ4n) is 1.72.